The van der Waals surface area contributed by atoms with Crippen LogP contribution in [0.1, 0.15) is 23.6 Å². The largest absolute Gasteiger partial charge is 0.392 e. The summed E-state index contributed by atoms with van der Waals surface area (Å²) in [5, 5.41) is 22.0. The maximum atomic E-state index is 12.7. The van der Waals surface area contributed by atoms with Crippen molar-refractivity contribution >= 4 is 29.1 Å². The highest BCUT2D eigenvalue weighted by Gasteiger charge is 2.29. The van der Waals surface area contributed by atoms with Crippen molar-refractivity contribution < 1.29 is 15.1 Å². The molecule has 1 aliphatic heterocycles. The first-order valence-electron chi connectivity index (χ1n) is 8.84. The number of hydrogen-bond acceptors (Lipinski definition) is 4. The predicted octanol–water partition coefficient (Wildman–Crippen LogP) is 3.56. The minimum absolute atomic E-state index is 0.0132. The first-order valence-corrected chi connectivity index (χ1v) is 9.60. The highest BCUT2D eigenvalue weighted by atomic mass is 35.5. The number of carbonyl (C=O) groups is 1. The van der Waals surface area contributed by atoms with Crippen LogP contribution in [0, 0.1) is 0 Å². The zero-order valence-corrected chi connectivity index (χ0v) is 16.3. The number of aliphatic hydroxyl groups is 1. The second kappa shape index (κ2) is 9.04. The number of amides is 1. The molecule has 0 aliphatic carbocycles. The number of hydroxylamine groups is 2. The lowest BCUT2D eigenvalue weighted by atomic mass is 10.0. The molecule has 2 N–H and O–H groups in total. The van der Waals surface area contributed by atoms with Gasteiger partial charge in [-0.3, -0.25) is 14.9 Å². The molecular weight excluding hydrogens is 387 g/mol. The molecule has 1 heterocycles. The van der Waals surface area contributed by atoms with E-state index in [1.54, 1.807) is 18.2 Å². The molecule has 2 aromatic rings. The van der Waals surface area contributed by atoms with E-state index in [1.165, 1.54) is 0 Å². The van der Waals surface area contributed by atoms with Gasteiger partial charge in [0.15, 0.2) is 0 Å². The van der Waals surface area contributed by atoms with Crippen molar-refractivity contribution in [3.63, 3.8) is 0 Å². The second-order valence-electron chi connectivity index (χ2n) is 6.79. The lowest BCUT2D eigenvalue weighted by Gasteiger charge is -2.30. The molecule has 1 aliphatic rings. The average Bonchev–Trinajstić information content (AvgIpc) is 3.08. The molecule has 0 radical (unpaired) electrons. The van der Waals surface area contributed by atoms with Crippen LogP contribution in [0.3, 0.4) is 0 Å². The molecule has 144 valence electrons. The molecule has 1 amide bonds. The lowest BCUT2D eigenvalue weighted by Crippen LogP contribution is -2.40. The Morgan fingerprint density at radius 2 is 1.93 bits per heavy atom. The van der Waals surface area contributed by atoms with Crippen LogP contribution in [0.2, 0.25) is 10.0 Å². The molecule has 0 spiro atoms. The van der Waals surface area contributed by atoms with E-state index >= 15 is 0 Å². The first kappa shape index (κ1) is 20.1. The van der Waals surface area contributed by atoms with Crippen molar-refractivity contribution in [2.45, 2.75) is 25.0 Å². The number of halogens is 2. The highest BCUT2D eigenvalue weighted by Crippen LogP contribution is 2.26. The minimum Gasteiger partial charge on any atom is -0.392 e. The third-order valence-electron chi connectivity index (χ3n) is 4.75. The van der Waals surface area contributed by atoms with Gasteiger partial charge in [0.05, 0.1) is 28.6 Å². The fourth-order valence-electron chi connectivity index (χ4n) is 3.30. The summed E-state index contributed by atoms with van der Waals surface area (Å²) in [6, 6.07) is 13.9. The highest BCUT2D eigenvalue weighted by molar-refractivity contribution is 6.42. The number of β-amino-alcohol motifs (C(OH)–C–C–N with tert-alkyl or cyclic N) is 1. The van der Waals surface area contributed by atoms with Crippen molar-refractivity contribution in [1.29, 1.82) is 0 Å². The van der Waals surface area contributed by atoms with Gasteiger partial charge in [-0.25, -0.2) is 5.06 Å². The van der Waals surface area contributed by atoms with E-state index in [4.69, 9.17) is 23.2 Å². The normalized spacial score (nSPS) is 18.4. The Balaban J connectivity index is 1.75. The number of likely N-dealkylation sites (tertiary alicyclic amines) is 1. The van der Waals surface area contributed by atoms with Crippen LogP contribution < -0.4 is 0 Å². The smallest absolute Gasteiger partial charge is 0.250 e. The van der Waals surface area contributed by atoms with Gasteiger partial charge in [0, 0.05) is 19.6 Å². The third-order valence-corrected chi connectivity index (χ3v) is 5.49. The fourth-order valence-corrected chi connectivity index (χ4v) is 3.62. The van der Waals surface area contributed by atoms with Crippen molar-refractivity contribution in [3.8, 4) is 0 Å². The molecule has 2 atom stereocenters. The summed E-state index contributed by atoms with van der Waals surface area (Å²) in [6.45, 7) is 1.72. The summed E-state index contributed by atoms with van der Waals surface area (Å²) in [6.07, 6.45) is 0.351. The molecule has 3 rings (SSSR count). The number of aliphatic hydroxyl groups excluding tert-OH is 1. The Hall–Kier alpha value is -1.63. The van der Waals surface area contributed by atoms with Crippen LogP contribution in [-0.2, 0) is 11.2 Å². The summed E-state index contributed by atoms with van der Waals surface area (Å²) < 4.78 is 0. The van der Waals surface area contributed by atoms with E-state index in [0.29, 0.717) is 35.1 Å². The number of rotatable bonds is 6. The van der Waals surface area contributed by atoms with Crippen LogP contribution in [0.5, 0.6) is 0 Å². The van der Waals surface area contributed by atoms with E-state index in [2.05, 4.69) is 4.90 Å². The molecule has 27 heavy (non-hydrogen) atoms. The fraction of sp³-hybridized carbons (Fsp3) is 0.350. The monoisotopic (exact) mass is 408 g/mol. The number of benzene rings is 2. The topological polar surface area (TPSA) is 64.0 Å². The van der Waals surface area contributed by atoms with Crippen molar-refractivity contribution in [3.05, 3.63) is 69.7 Å². The van der Waals surface area contributed by atoms with Gasteiger partial charge in [0.1, 0.15) is 0 Å². The van der Waals surface area contributed by atoms with Crippen LogP contribution in [0.15, 0.2) is 48.5 Å². The predicted molar refractivity (Wildman–Crippen MR) is 105 cm³/mol. The number of carbonyl (C=O) groups excluding carboxylic acids is 1. The molecule has 2 aromatic carbocycles. The second-order valence-corrected chi connectivity index (χ2v) is 7.61. The summed E-state index contributed by atoms with van der Waals surface area (Å²) >= 11 is 11.9. The van der Waals surface area contributed by atoms with Crippen molar-refractivity contribution in [2.24, 2.45) is 0 Å². The van der Waals surface area contributed by atoms with Crippen molar-refractivity contribution in [2.75, 3.05) is 19.6 Å². The Morgan fingerprint density at radius 3 is 2.56 bits per heavy atom. The zero-order valence-electron chi connectivity index (χ0n) is 14.8. The van der Waals surface area contributed by atoms with Crippen LogP contribution >= 0.6 is 23.2 Å². The summed E-state index contributed by atoms with van der Waals surface area (Å²) in [5.41, 5.74) is 1.51. The lowest BCUT2D eigenvalue weighted by molar-refractivity contribution is -0.177. The molecule has 5 nitrogen and oxygen atoms in total. The van der Waals surface area contributed by atoms with E-state index < -0.39 is 11.9 Å². The van der Waals surface area contributed by atoms with Crippen LogP contribution in [-0.4, -0.2) is 51.9 Å². The van der Waals surface area contributed by atoms with E-state index in [9.17, 15) is 15.1 Å². The standard InChI is InChI=1S/C20H22Cl2N2O3/c21-17-7-6-14(10-18(17)22)11-20(26)24(27)19(15-4-2-1-3-5-15)13-23-9-8-16(25)12-23/h1-7,10,16,19,25,27H,8-9,11-13H2/t16-,19-/m1/s1. The van der Waals surface area contributed by atoms with E-state index in [1.807, 2.05) is 30.3 Å². The molecule has 0 bridgehead atoms. The van der Waals surface area contributed by atoms with E-state index in [-0.39, 0.29) is 12.5 Å². The molecule has 7 heteroatoms. The van der Waals surface area contributed by atoms with E-state index in [0.717, 1.165) is 17.2 Å². The summed E-state index contributed by atoms with van der Waals surface area (Å²) in [4.78, 5) is 14.7. The quantitative estimate of drug-likeness (QED) is 0.566. The molecule has 0 aromatic heterocycles. The Morgan fingerprint density at radius 1 is 1.19 bits per heavy atom. The Labute approximate surface area is 168 Å². The van der Waals surface area contributed by atoms with Gasteiger partial charge in [0.25, 0.3) is 5.91 Å². The average molecular weight is 409 g/mol. The van der Waals surface area contributed by atoms with Crippen LogP contribution in [0.25, 0.3) is 0 Å². The first-order chi connectivity index (χ1) is 12.9. The zero-order chi connectivity index (χ0) is 19.4. The van der Waals surface area contributed by atoms with Gasteiger partial charge in [-0.1, -0.05) is 59.6 Å². The molecular formula is C20H22Cl2N2O3. The van der Waals surface area contributed by atoms with Gasteiger partial charge < -0.3 is 5.11 Å². The Kier molecular flexibility index (Phi) is 6.73. The van der Waals surface area contributed by atoms with Gasteiger partial charge in [0.2, 0.25) is 0 Å². The number of nitrogens with zero attached hydrogens (tertiary/aromatic N) is 2. The van der Waals surface area contributed by atoms with Gasteiger partial charge in [-0.05, 0) is 29.7 Å². The Bertz CT molecular complexity index is 788. The van der Waals surface area contributed by atoms with Gasteiger partial charge in [-0.2, -0.15) is 0 Å². The summed E-state index contributed by atoms with van der Waals surface area (Å²) in [7, 11) is 0. The minimum atomic E-state index is -0.522. The van der Waals surface area contributed by atoms with Crippen molar-refractivity contribution in [1.82, 2.24) is 9.96 Å². The van der Waals surface area contributed by atoms with Gasteiger partial charge >= 0.3 is 0 Å². The molecule has 0 saturated carbocycles. The number of hydrogen-bond donors (Lipinski definition) is 2. The molecule has 1 saturated heterocycles. The summed E-state index contributed by atoms with van der Waals surface area (Å²) in [5.74, 6) is -0.429. The van der Waals surface area contributed by atoms with Crippen LogP contribution in [0.4, 0.5) is 0 Å². The maximum absolute atomic E-state index is 12.7. The maximum Gasteiger partial charge on any atom is 0.250 e. The van der Waals surface area contributed by atoms with Gasteiger partial charge in [-0.15, -0.1) is 0 Å². The third kappa shape index (κ3) is 5.21. The molecule has 1 fully saturated rings. The SMILES string of the molecule is O=C(Cc1ccc(Cl)c(Cl)c1)N(O)[C@H](CN1CC[C@@H](O)C1)c1ccccc1. The molecule has 0 unspecified atom stereocenters.